The van der Waals surface area contributed by atoms with Gasteiger partial charge in [0, 0.05) is 12.5 Å². The first-order valence-corrected chi connectivity index (χ1v) is 4.49. The van der Waals surface area contributed by atoms with E-state index < -0.39 is 30.8 Å². The van der Waals surface area contributed by atoms with Crippen LogP contribution in [0, 0.1) is 0 Å². The first-order chi connectivity index (χ1) is 6.44. The lowest BCUT2D eigenvalue weighted by atomic mass is 10.1. The van der Waals surface area contributed by atoms with E-state index in [2.05, 4.69) is 17.2 Å². The van der Waals surface area contributed by atoms with E-state index in [-0.39, 0.29) is 18.4 Å². The first kappa shape index (κ1) is 14.3. The van der Waals surface area contributed by atoms with Gasteiger partial charge in [-0.15, -0.1) is 19.0 Å². The third kappa shape index (κ3) is 4.13. The molecule has 1 fully saturated rings. The molecule has 2 N–H and O–H groups in total. The summed E-state index contributed by atoms with van der Waals surface area (Å²) < 4.78 is 25.4. The molecule has 2 atom stereocenters. The topological polar surface area (TPSA) is 41.1 Å². The zero-order valence-corrected chi connectivity index (χ0v) is 9.24. The molecule has 15 heavy (non-hydrogen) atoms. The van der Waals surface area contributed by atoms with Gasteiger partial charge in [0.05, 0.1) is 12.6 Å². The van der Waals surface area contributed by atoms with Gasteiger partial charge in [0.25, 0.3) is 5.92 Å². The van der Waals surface area contributed by atoms with Crippen LogP contribution in [0.1, 0.15) is 13.3 Å². The van der Waals surface area contributed by atoms with Gasteiger partial charge in [-0.1, -0.05) is 6.08 Å². The van der Waals surface area contributed by atoms with Crippen molar-refractivity contribution in [2.24, 2.45) is 0 Å². The molecule has 1 aliphatic rings. The lowest BCUT2D eigenvalue weighted by molar-refractivity contribution is -0.123. The largest absolute Gasteiger partial charge is 0.349 e. The van der Waals surface area contributed by atoms with Gasteiger partial charge in [-0.25, -0.2) is 8.78 Å². The Morgan fingerprint density at radius 2 is 2.33 bits per heavy atom. The van der Waals surface area contributed by atoms with Gasteiger partial charge < -0.3 is 5.32 Å². The summed E-state index contributed by atoms with van der Waals surface area (Å²) in [5.74, 6) is -3.16. The minimum absolute atomic E-state index is 0. The highest BCUT2D eigenvalue weighted by Crippen LogP contribution is 2.24. The van der Waals surface area contributed by atoms with Gasteiger partial charge in [-0.3, -0.25) is 10.1 Å². The molecule has 1 amide bonds. The molecule has 0 bridgehead atoms. The van der Waals surface area contributed by atoms with Gasteiger partial charge in [0.15, 0.2) is 0 Å². The molecule has 1 aliphatic heterocycles. The van der Waals surface area contributed by atoms with Crippen molar-refractivity contribution in [2.45, 2.75) is 31.4 Å². The molecule has 88 valence electrons. The van der Waals surface area contributed by atoms with Crippen molar-refractivity contribution in [3.63, 3.8) is 0 Å². The molecule has 1 heterocycles. The summed E-state index contributed by atoms with van der Waals surface area (Å²) in [6, 6.07) is -0.981. The molecule has 0 aliphatic carbocycles. The van der Waals surface area contributed by atoms with Crippen LogP contribution >= 0.6 is 12.4 Å². The molecular formula is C9H15ClF2N2O. The molecule has 1 saturated heterocycles. The Kier molecular flexibility index (Phi) is 5.17. The van der Waals surface area contributed by atoms with Crippen molar-refractivity contribution < 1.29 is 13.6 Å². The van der Waals surface area contributed by atoms with Crippen LogP contribution in [0.5, 0.6) is 0 Å². The number of rotatable bonds is 3. The minimum atomic E-state index is -2.76. The number of hydrogen-bond acceptors (Lipinski definition) is 2. The molecule has 0 radical (unpaired) electrons. The third-order valence-corrected chi connectivity index (χ3v) is 2.15. The molecule has 6 heteroatoms. The SMILES string of the molecule is C=CC(C)NC(=O)C1CC(F)(F)CN1.Cl. The maximum Gasteiger partial charge on any atom is 0.262 e. The fraction of sp³-hybridized carbons (Fsp3) is 0.667. The smallest absolute Gasteiger partial charge is 0.262 e. The quantitative estimate of drug-likeness (QED) is 0.726. The Labute approximate surface area is 93.7 Å². The molecule has 2 unspecified atom stereocenters. The standard InChI is InChI=1S/C9H14F2N2O.ClH/c1-3-6(2)13-8(14)7-4-9(10,11)5-12-7;/h3,6-7,12H,1,4-5H2,2H3,(H,13,14);1H. The fourth-order valence-electron chi connectivity index (χ4n) is 1.28. The van der Waals surface area contributed by atoms with Crippen LogP contribution in [0.2, 0.25) is 0 Å². The van der Waals surface area contributed by atoms with Gasteiger partial charge >= 0.3 is 0 Å². The molecule has 0 aromatic rings. The fourth-order valence-corrected chi connectivity index (χ4v) is 1.28. The van der Waals surface area contributed by atoms with Crippen LogP contribution < -0.4 is 10.6 Å². The van der Waals surface area contributed by atoms with Crippen LogP contribution in [-0.4, -0.2) is 30.5 Å². The van der Waals surface area contributed by atoms with E-state index in [0.717, 1.165) is 0 Å². The van der Waals surface area contributed by atoms with Crippen molar-refractivity contribution in [1.82, 2.24) is 10.6 Å². The highest BCUT2D eigenvalue weighted by Gasteiger charge is 2.42. The lowest BCUT2D eigenvalue weighted by Gasteiger charge is -2.13. The Bertz CT molecular complexity index is 248. The number of carbonyl (C=O) groups excluding carboxylic acids is 1. The normalized spacial score (nSPS) is 25.1. The van der Waals surface area contributed by atoms with E-state index >= 15 is 0 Å². The van der Waals surface area contributed by atoms with Crippen LogP contribution in [0.3, 0.4) is 0 Å². The summed E-state index contributed by atoms with van der Waals surface area (Å²) in [5.41, 5.74) is 0. The molecule has 0 saturated carbocycles. The Morgan fingerprint density at radius 3 is 2.73 bits per heavy atom. The number of hydrogen-bond donors (Lipinski definition) is 2. The monoisotopic (exact) mass is 240 g/mol. The average Bonchev–Trinajstić information content (AvgIpc) is 2.46. The molecule has 3 nitrogen and oxygen atoms in total. The molecule has 0 aromatic carbocycles. The van der Waals surface area contributed by atoms with Crippen molar-refractivity contribution in [1.29, 1.82) is 0 Å². The van der Waals surface area contributed by atoms with E-state index in [9.17, 15) is 13.6 Å². The number of nitrogens with one attached hydrogen (secondary N) is 2. The van der Waals surface area contributed by atoms with Gasteiger partial charge in [0.2, 0.25) is 5.91 Å². The van der Waals surface area contributed by atoms with E-state index in [1.807, 2.05) is 0 Å². The van der Waals surface area contributed by atoms with E-state index in [1.54, 1.807) is 13.0 Å². The predicted octanol–water partition coefficient (Wildman–Crippen LogP) is 1.10. The second kappa shape index (κ2) is 5.42. The van der Waals surface area contributed by atoms with E-state index in [1.165, 1.54) is 0 Å². The predicted molar refractivity (Wildman–Crippen MR) is 56.4 cm³/mol. The van der Waals surface area contributed by atoms with E-state index in [4.69, 9.17) is 0 Å². The second-order valence-corrected chi connectivity index (χ2v) is 3.53. The highest BCUT2D eigenvalue weighted by atomic mass is 35.5. The number of halogens is 3. The molecule has 0 spiro atoms. The summed E-state index contributed by atoms with van der Waals surface area (Å²) in [5, 5.41) is 5.04. The summed E-state index contributed by atoms with van der Waals surface area (Å²) in [4.78, 5) is 11.3. The minimum Gasteiger partial charge on any atom is -0.349 e. The Balaban J connectivity index is 0.00000196. The van der Waals surface area contributed by atoms with Crippen LogP contribution in [0.25, 0.3) is 0 Å². The maximum absolute atomic E-state index is 12.7. The molecular weight excluding hydrogens is 226 g/mol. The summed E-state index contributed by atoms with van der Waals surface area (Å²) >= 11 is 0. The number of carbonyl (C=O) groups is 1. The lowest BCUT2D eigenvalue weighted by Crippen LogP contribution is -2.43. The van der Waals surface area contributed by atoms with Gasteiger partial charge in [-0.05, 0) is 6.92 Å². The molecule has 0 aromatic heterocycles. The average molecular weight is 241 g/mol. The first-order valence-electron chi connectivity index (χ1n) is 4.49. The third-order valence-electron chi connectivity index (χ3n) is 2.15. The van der Waals surface area contributed by atoms with Crippen molar-refractivity contribution >= 4 is 18.3 Å². The van der Waals surface area contributed by atoms with Crippen molar-refractivity contribution in [3.8, 4) is 0 Å². The number of amides is 1. The van der Waals surface area contributed by atoms with Crippen molar-refractivity contribution in [3.05, 3.63) is 12.7 Å². The second-order valence-electron chi connectivity index (χ2n) is 3.53. The van der Waals surface area contributed by atoms with Crippen molar-refractivity contribution in [2.75, 3.05) is 6.54 Å². The van der Waals surface area contributed by atoms with Gasteiger partial charge in [0.1, 0.15) is 0 Å². The Morgan fingerprint density at radius 1 is 1.73 bits per heavy atom. The summed E-state index contributed by atoms with van der Waals surface area (Å²) in [7, 11) is 0. The van der Waals surface area contributed by atoms with Crippen LogP contribution in [0.15, 0.2) is 12.7 Å². The maximum atomic E-state index is 12.7. The van der Waals surface area contributed by atoms with Crippen LogP contribution in [0.4, 0.5) is 8.78 Å². The zero-order chi connectivity index (χ0) is 10.8. The zero-order valence-electron chi connectivity index (χ0n) is 8.43. The summed E-state index contributed by atoms with van der Waals surface area (Å²) in [6.45, 7) is 4.80. The highest BCUT2D eigenvalue weighted by molar-refractivity contribution is 5.85. The van der Waals surface area contributed by atoms with Gasteiger partial charge in [-0.2, -0.15) is 0 Å². The van der Waals surface area contributed by atoms with E-state index in [0.29, 0.717) is 0 Å². The Hall–Kier alpha value is -0.680. The van der Waals surface area contributed by atoms with Crippen LogP contribution in [-0.2, 0) is 4.79 Å². The number of alkyl halides is 2. The molecule has 1 rings (SSSR count). The summed E-state index contributed by atoms with van der Waals surface area (Å²) in [6.07, 6.45) is 1.12.